The Morgan fingerprint density at radius 2 is 2.29 bits per heavy atom. The van der Waals surface area contributed by atoms with Gasteiger partial charge in [0.15, 0.2) is 0 Å². The van der Waals surface area contributed by atoms with E-state index in [-0.39, 0.29) is 11.7 Å². The van der Waals surface area contributed by atoms with Crippen LogP contribution in [-0.2, 0) is 4.74 Å². The van der Waals surface area contributed by atoms with Crippen LogP contribution in [0.2, 0.25) is 0 Å². The molecule has 5 nitrogen and oxygen atoms in total. The molecule has 2 saturated heterocycles. The van der Waals surface area contributed by atoms with E-state index < -0.39 is 0 Å². The number of piperidine rings is 1. The molecule has 0 bridgehead atoms. The molecule has 2 fully saturated rings. The molecule has 1 atom stereocenters. The zero-order valence-corrected chi connectivity index (χ0v) is 9.76. The minimum Gasteiger partial charge on any atom is -0.472 e. The Morgan fingerprint density at radius 3 is 3.06 bits per heavy atom. The minimum absolute atomic E-state index is 0.0446. The van der Waals surface area contributed by atoms with Gasteiger partial charge in [-0.15, -0.1) is 0 Å². The van der Waals surface area contributed by atoms with Gasteiger partial charge in [-0.2, -0.15) is 0 Å². The largest absolute Gasteiger partial charge is 0.472 e. The van der Waals surface area contributed by atoms with Gasteiger partial charge in [-0.1, -0.05) is 0 Å². The average Bonchev–Trinajstić information content (AvgIpc) is 2.74. The molecule has 92 valence electrons. The SMILES string of the molecule is c1cc(OC2COC3(CCNCC3)C2)ncn1. The van der Waals surface area contributed by atoms with E-state index in [9.17, 15) is 0 Å². The summed E-state index contributed by atoms with van der Waals surface area (Å²) in [6.07, 6.45) is 6.46. The molecule has 3 heterocycles. The maximum absolute atomic E-state index is 5.96. The number of nitrogens with zero attached hydrogens (tertiary/aromatic N) is 2. The van der Waals surface area contributed by atoms with Crippen molar-refractivity contribution in [1.29, 1.82) is 0 Å². The molecule has 1 spiro atoms. The molecule has 0 aliphatic carbocycles. The van der Waals surface area contributed by atoms with Crippen molar-refractivity contribution < 1.29 is 9.47 Å². The van der Waals surface area contributed by atoms with E-state index in [1.807, 2.05) is 0 Å². The Balaban J connectivity index is 1.60. The average molecular weight is 235 g/mol. The number of aromatic nitrogens is 2. The molecule has 3 rings (SSSR count). The van der Waals surface area contributed by atoms with Crippen molar-refractivity contribution in [2.24, 2.45) is 0 Å². The van der Waals surface area contributed by atoms with Gasteiger partial charge < -0.3 is 14.8 Å². The summed E-state index contributed by atoms with van der Waals surface area (Å²) in [5.41, 5.74) is 0.0446. The number of hydrogen-bond acceptors (Lipinski definition) is 5. The first-order chi connectivity index (χ1) is 8.36. The number of hydrogen-bond donors (Lipinski definition) is 1. The maximum atomic E-state index is 5.96. The number of rotatable bonds is 2. The Labute approximate surface area is 101 Å². The predicted octanol–water partition coefficient (Wildman–Crippen LogP) is 0.766. The van der Waals surface area contributed by atoms with Gasteiger partial charge in [0.2, 0.25) is 5.88 Å². The fraction of sp³-hybridized carbons (Fsp3) is 0.667. The molecule has 1 unspecified atom stereocenters. The van der Waals surface area contributed by atoms with Gasteiger partial charge in [0.05, 0.1) is 12.2 Å². The highest BCUT2D eigenvalue weighted by atomic mass is 16.6. The maximum Gasteiger partial charge on any atom is 0.216 e. The molecular weight excluding hydrogens is 218 g/mol. The predicted molar refractivity (Wildman–Crippen MR) is 61.9 cm³/mol. The standard InChI is InChI=1S/C12H17N3O2/c1-4-14-9-15-11(1)17-10-7-12(16-8-10)2-5-13-6-3-12/h1,4,9-10,13H,2-3,5-8H2. The topological polar surface area (TPSA) is 56.3 Å². The van der Waals surface area contributed by atoms with Gasteiger partial charge in [-0.3, -0.25) is 0 Å². The van der Waals surface area contributed by atoms with E-state index in [1.54, 1.807) is 12.3 Å². The molecule has 2 aliphatic heterocycles. The van der Waals surface area contributed by atoms with Crippen molar-refractivity contribution in [2.75, 3.05) is 19.7 Å². The molecule has 1 aromatic rings. The van der Waals surface area contributed by atoms with Crippen molar-refractivity contribution in [3.8, 4) is 5.88 Å². The molecule has 17 heavy (non-hydrogen) atoms. The van der Waals surface area contributed by atoms with E-state index in [1.165, 1.54) is 6.33 Å². The van der Waals surface area contributed by atoms with Crippen LogP contribution in [0.4, 0.5) is 0 Å². The summed E-state index contributed by atoms with van der Waals surface area (Å²) in [5.74, 6) is 0.639. The molecule has 2 aliphatic rings. The molecule has 0 radical (unpaired) electrons. The van der Waals surface area contributed by atoms with Crippen LogP contribution in [0, 0.1) is 0 Å². The van der Waals surface area contributed by atoms with Crippen molar-refractivity contribution in [1.82, 2.24) is 15.3 Å². The van der Waals surface area contributed by atoms with Crippen LogP contribution in [0.25, 0.3) is 0 Å². The monoisotopic (exact) mass is 235 g/mol. The summed E-state index contributed by atoms with van der Waals surface area (Å²) < 4.78 is 11.8. The molecule has 1 aromatic heterocycles. The molecule has 1 N–H and O–H groups in total. The highest BCUT2D eigenvalue weighted by Crippen LogP contribution is 2.35. The number of nitrogens with one attached hydrogen (secondary N) is 1. The van der Waals surface area contributed by atoms with Gasteiger partial charge in [-0.05, 0) is 25.9 Å². The summed E-state index contributed by atoms with van der Waals surface area (Å²) in [5, 5.41) is 3.36. The van der Waals surface area contributed by atoms with Crippen LogP contribution < -0.4 is 10.1 Å². The van der Waals surface area contributed by atoms with E-state index in [0.29, 0.717) is 12.5 Å². The molecule has 5 heteroatoms. The number of ether oxygens (including phenoxy) is 2. The van der Waals surface area contributed by atoms with Crippen molar-refractivity contribution in [3.05, 3.63) is 18.6 Å². The van der Waals surface area contributed by atoms with Crippen LogP contribution >= 0.6 is 0 Å². The highest BCUT2D eigenvalue weighted by molar-refractivity contribution is 5.06. The highest BCUT2D eigenvalue weighted by Gasteiger charge is 2.42. The third-order valence-electron chi connectivity index (χ3n) is 3.53. The van der Waals surface area contributed by atoms with Crippen LogP contribution in [0.3, 0.4) is 0 Å². The Bertz CT molecular complexity index is 365. The molecule has 0 amide bonds. The van der Waals surface area contributed by atoms with Crippen LogP contribution in [0.15, 0.2) is 18.6 Å². The first kappa shape index (κ1) is 10.9. The summed E-state index contributed by atoms with van der Waals surface area (Å²) in [6, 6.07) is 1.79. The first-order valence-corrected chi connectivity index (χ1v) is 6.14. The van der Waals surface area contributed by atoms with E-state index in [0.717, 1.165) is 32.4 Å². The van der Waals surface area contributed by atoms with Gasteiger partial charge in [0.25, 0.3) is 0 Å². The van der Waals surface area contributed by atoms with Crippen molar-refractivity contribution >= 4 is 0 Å². The van der Waals surface area contributed by atoms with E-state index in [2.05, 4.69) is 15.3 Å². The van der Waals surface area contributed by atoms with Crippen LogP contribution in [-0.4, -0.2) is 41.4 Å². The lowest BCUT2D eigenvalue weighted by Gasteiger charge is -2.32. The van der Waals surface area contributed by atoms with E-state index in [4.69, 9.17) is 9.47 Å². The van der Waals surface area contributed by atoms with Gasteiger partial charge in [-0.25, -0.2) is 9.97 Å². The van der Waals surface area contributed by atoms with Crippen LogP contribution in [0.5, 0.6) is 5.88 Å². The summed E-state index contributed by atoms with van der Waals surface area (Å²) in [7, 11) is 0. The minimum atomic E-state index is 0.0446. The zero-order chi connectivity index (χ0) is 11.6. The third kappa shape index (κ3) is 2.40. The fourth-order valence-electron chi connectivity index (χ4n) is 2.63. The second kappa shape index (κ2) is 4.58. The normalized spacial score (nSPS) is 27.2. The second-order valence-corrected chi connectivity index (χ2v) is 4.74. The Hall–Kier alpha value is -1.20. The smallest absolute Gasteiger partial charge is 0.216 e. The Kier molecular flexibility index (Phi) is 2.94. The quantitative estimate of drug-likeness (QED) is 0.820. The van der Waals surface area contributed by atoms with E-state index >= 15 is 0 Å². The van der Waals surface area contributed by atoms with Crippen molar-refractivity contribution in [3.63, 3.8) is 0 Å². The lowest BCUT2D eigenvalue weighted by molar-refractivity contribution is -0.0205. The van der Waals surface area contributed by atoms with Gasteiger partial charge >= 0.3 is 0 Å². The lowest BCUT2D eigenvalue weighted by atomic mass is 9.89. The first-order valence-electron chi connectivity index (χ1n) is 6.14. The fourth-order valence-corrected chi connectivity index (χ4v) is 2.63. The summed E-state index contributed by atoms with van der Waals surface area (Å²) in [6.45, 7) is 2.75. The lowest BCUT2D eigenvalue weighted by Crippen LogP contribution is -2.41. The third-order valence-corrected chi connectivity index (χ3v) is 3.53. The summed E-state index contributed by atoms with van der Waals surface area (Å²) >= 11 is 0. The molecular formula is C12H17N3O2. The van der Waals surface area contributed by atoms with Gasteiger partial charge in [0, 0.05) is 18.7 Å². The zero-order valence-electron chi connectivity index (χ0n) is 9.76. The van der Waals surface area contributed by atoms with Crippen molar-refractivity contribution in [2.45, 2.75) is 31.0 Å². The molecule has 0 saturated carbocycles. The second-order valence-electron chi connectivity index (χ2n) is 4.74. The Morgan fingerprint density at radius 1 is 1.41 bits per heavy atom. The van der Waals surface area contributed by atoms with Gasteiger partial charge in [0.1, 0.15) is 12.4 Å². The molecule has 0 aromatic carbocycles. The summed E-state index contributed by atoms with van der Waals surface area (Å²) in [4.78, 5) is 7.95. The van der Waals surface area contributed by atoms with Crippen LogP contribution in [0.1, 0.15) is 19.3 Å².